The molecule has 0 aromatic carbocycles. The summed E-state index contributed by atoms with van der Waals surface area (Å²) in [6.45, 7) is 0.788. The Morgan fingerprint density at radius 3 is 2.83 bits per heavy atom. The monoisotopic (exact) mass is 172 g/mol. The van der Waals surface area contributed by atoms with Crippen molar-refractivity contribution < 1.29 is 9.53 Å². The first-order chi connectivity index (χ1) is 5.70. The van der Waals surface area contributed by atoms with Crippen molar-refractivity contribution in [3.8, 4) is 0 Å². The quantitative estimate of drug-likeness (QED) is 0.616. The minimum absolute atomic E-state index is 0.140. The van der Waals surface area contributed by atoms with Crippen LogP contribution in [0.25, 0.3) is 0 Å². The Balaban J connectivity index is 2.24. The third kappa shape index (κ3) is 2.79. The van der Waals surface area contributed by atoms with Gasteiger partial charge in [0.25, 0.3) is 0 Å². The molecule has 0 aromatic heterocycles. The van der Waals surface area contributed by atoms with Gasteiger partial charge in [0.2, 0.25) is 5.91 Å². The number of amides is 1. The third-order valence-corrected chi connectivity index (χ3v) is 2.16. The van der Waals surface area contributed by atoms with Crippen molar-refractivity contribution in [1.82, 2.24) is 0 Å². The molecule has 4 nitrogen and oxygen atoms in total. The van der Waals surface area contributed by atoms with Crippen LogP contribution in [0.5, 0.6) is 0 Å². The molecule has 4 N–H and O–H groups in total. The molecule has 0 aromatic rings. The van der Waals surface area contributed by atoms with E-state index in [1.54, 1.807) is 0 Å². The molecule has 2 atom stereocenters. The van der Waals surface area contributed by atoms with E-state index in [9.17, 15) is 4.79 Å². The predicted octanol–water partition coefficient (Wildman–Crippen LogP) is -0.242. The van der Waals surface area contributed by atoms with Crippen LogP contribution in [0.3, 0.4) is 0 Å². The van der Waals surface area contributed by atoms with Crippen molar-refractivity contribution in [3.63, 3.8) is 0 Å². The number of nitrogens with two attached hydrogens (primary N) is 2. The Kier molecular flexibility index (Phi) is 3.49. The highest BCUT2D eigenvalue weighted by molar-refractivity contribution is 5.79. The second-order valence-corrected chi connectivity index (χ2v) is 3.23. The molecule has 1 fully saturated rings. The standard InChI is InChI=1S/C8H16N2O2/c9-7(8(10)11)5-6-3-1-2-4-12-6/h6-7H,1-5,9H2,(H2,10,11). The Bertz CT molecular complexity index is 155. The lowest BCUT2D eigenvalue weighted by Crippen LogP contribution is -2.40. The Morgan fingerprint density at radius 1 is 1.58 bits per heavy atom. The average Bonchev–Trinajstić information content (AvgIpc) is 2.06. The van der Waals surface area contributed by atoms with E-state index in [-0.39, 0.29) is 6.10 Å². The van der Waals surface area contributed by atoms with E-state index in [1.165, 1.54) is 0 Å². The molecule has 0 spiro atoms. The molecule has 12 heavy (non-hydrogen) atoms. The molecule has 1 aliphatic heterocycles. The van der Waals surface area contributed by atoms with Gasteiger partial charge in [0, 0.05) is 6.61 Å². The highest BCUT2D eigenvalue weighted by atomic mass is 16.5. The lowest BCUT2D eigenvalue weighted by Gasteiger charge is -2.23. The van der Waals surface area contributed by atoms with Crippen LogP contribution >= 0.6 is 0 Å². The van der Waals surface area contributed by atoms with E-state index >= 15 is 0 Å². The fourth-order valence-electron chi connectivity index (χ4n) is 1.39. The number of hydrogen-bond acceptors (Lipinski definition) is 3. The highest BCUT2D eigenvalue weighted by Crippen LogP contribution is 2.16. The largest absolute Gasteiger partial charge is 0.378 e. The van der Waals surface area contributed by atoms with Gasteiger partial charge in [-0.2, -0.15) is 0 Å². The molecular weight excluding hydrogens is 156 g/mol. The maximum atomic E-state index is 10.6. The summed E-state index contributed by atoms with van der Waals surface area (Å²) in [7, 11) is 0. The van der Waals surface area contributed by atoms with E-state index < -0.39 is 11.9 Å². The number of carbonyl (C=O) groups is 1. The minimum Gasteiger partial charge on any atom is -0.378 e. The number of ether oxygens (including phenoxy) is 1. The summed E-state index contributed by atoms with van der Waals surface area (Å²) in [5.41, 5.74) is 10.5. The highest BCUT2D eigenvalue weighted by Gasteiger charge is 2.19. The van der Waals surface area contributed by atoms with Gasteiger partial charge in [0.15, 0.2) is 0 Å². The lowest BCUT2D eigenvalue weighted by atomic mass is 10.0. The zero-order chi connectivity index (χ0) is 8.97. The predicted molar refractivity (Wildman–Crippen MR) is 45.4 cm³/mol. The molecule has 1 aliphatic rings. The van der Waals surface area contributed by atoms with Crippen LogP contribution in [0, 0.1) is 0 Å². The van der Waals surface area contributed by atoms with Gasteiger partial charge < -0.3 is 16.2 Å². The fourth-order valence-corrected chi connectivity index (χ4v) is 1.39. The van der Waals surface area contributed by atoms with Gasteiger partial charge in [-0.15, -0.1) is 0 Å². The molecular formula is C8H16N2O2. The first kappa shape index (κ1) is 9.48. The number of carbonyl (C=O) groups excluding carboxylic acids is 1. The first-order valence-electron chi connectivity index (χ1n) is 4.36. The van der Waals surface area contributed by atoms with Gasteiger partial charge in [0.05, 0.1) is 12.1 Å². The first-order valence-corrected chi connectivity index (χ1v) is 4.36. The molecule has 70 valence electrons. The van der Waals surface area contributed by atoms with Crippen LogP contribution in [0.4, 0.5) is 0 Å². The fraction of sp³-hybridized carbons (Fsp3) is 0.875. The normalized spacial score (nSPS) is 26.6. The van der Waals surface area contributed by atoms with Crippen molar-refractivity contribution >= 4 is 5.91 Å². The zero-order valence-corrected chi connectivity index (χ0v) is 7.16. The van der Waals surface area contributed by atoms with Crippen LogP contribution in [0.15, 0.2) is 0 Å². The van der Waals surface area contributed by atoms with Gasteiger partial charge in [0.1, 0.15) is 0 Å². The SMILES string of the molecule is NC(=O)C(N)CC1CCCCO1. The van der Waals surface area contributed by atoms with Crippen molar-refractivity contribution in [3.05, 3.63) is 0 Å². The molecule has 1 heterocycles. The van der Waals surface area contributed by atoms with Crippen LogP contribution in [-0.4, -0.2) is 24.7 Å². The van der Waals surface area contributed by atoms with Gasteiger partial charge in [-0.1, -0.05) is 0 Å². The summed E-state index contributed by atoms with van der Waals surface area (Å²) < 4.78 is 5.41. The molecule has 0 radical (unpaired) electrons. The van der Waals surface area contributed by atoms with Crippen molar-refractivity contribution in [2.24, 2.45) is 11.5 Å². The maximum absolute atomic E-state index is 10.6. The summed E-state index contributed by atoms with van der Waals surface area (Å²) in [4.78, 5) is 10.6. The van der Waals surface area contributed by atoms with Gasteiger partial charge >= 0.3 is 0 Å². The Labute approximate surface area is 72.2 Å². The Morgan fingerprint density at radius 2 is 2.33 bits per heavy atom. The second-order valence-electron chi connectivity index (χ2n) is 3.23. The van der Waals surface area contributed by atoms with Gasteiger partial charge in [-0.05, 0) is 25.7 Å². The van der Waals surface area contributed by atoms with Crippen molar-refractivity contribution in [2.75, 3.05) is 6.61 Å². The van der Waals surface area contributed by atoms with E-state index in [0.717, 1.165) is 25.9 Å². The van der Waals surface area contributed by atoms with Gasteiger partial charge in [-0.3, -0.25) is 4.79 Å². The Hall–Kier alpha value is -0.610. The number of hydrogen-bond donors (Lipinski definition) is 2. The van der Waals surface area contributed by atoms with E-state index in [0.29, 0.717) is 6.42 Å². The number of rotatable bonds is 3. The van der Waals surface area contributed by atoms with Crippen LogP contribution in [0.2, 0.25) is 0 Å². The maximum Gasteiger partial charge on any atom is 0.234 e. The molecule has 1 rings (SSSR count). The van der Waals surface area contributed by atoms with Crippen molar-refractivity contribution in [1.29, 1.82) is 0 Å². The molecule has 0 saturated carbocycles. The van der Waals surface area contributed by atoms with Crippen LogP contribution in [0.1, 0.15) is 25.7 Å². The van der Waals surface area contributed by atoms with E-state index in [1.807, 2.05) is 0 Å². The topological polar surface area (TPSA) is 78.3 Å². The van der Waals surface area contributed by atoms with E-state index in [4.69, 9.17) is 16.2 Å². The molecule has 1 saturated heterocycles. The average molecular weight is 172 g/mol. The smallest absolute Gasteiger partial charge is 0.234 e. The summed E-state index contributed by atoms with van der Waals surface area (Å²) in [6, 6.07) is -0.548. The molecule has 2 unspecified atom stereocenters. The van der Waals surface area contributed by atoms with Crippen LogP contribution < -0.4 is 11.5 Å². The van der Waals surface area contributed by atoms with E-state index in [2.05, 4.69) is 0 Å². The minimum atomic E-state index is -0.548. The summed E-state index contributed by atoms with van der Waals surface area (Å²) in [6.07, 6.45) is 3.98. The summed E-state index contributed by atoms with van der Waals surface area (Å²) in [5, 5.41) is 0. The third-order valence-electron chi connectivity index (χ3n) is 2.16. The van der Waals surface area contributed by atoms with Crippen molar-refractivity contribution in [2.45, 2.75) is 37.8 Å². The molecule has 0 bridgehead atoms. The number of primary amides is 1. The summed E-state index contributed by atoms with van der Waals surface area (Å²) in [5.74, 6) is -0.441. The van der Waals surface area contributed by atoms with Crippen LogP contribution in [-0.2, 0) is 9.53 Å². The molecule has 1 amide bonds. The zero-order valence-electron chi connectivity index (χ0n) is 7.16. The second kappa shape index (κ2) is 4.42. The molecule has 0 aliphatic carbocycles. The van der Waals surface area contributed by atoms with Gasteiger partial charge in [-0.25, -0.2) is 0 Å². The molecule has 4 heteroatoms. The lowest BCUT2D eigenvalue weighted by molar-refractivity contribution is -0.120. The summed E-state index contributed by atoms with van der Waals surface area (Å²) >= 11 is 0.